The Hall–Kier alpha value is -0.357. The smallest absolute Gasteiger partial charge is 0.407 e. The van der Waals surface area contributed by atoms with Gasteiger partial charge in [-0.2, -0.15) is 0 Å². The Morgan fingerprint density at radius 2 is 1.64 bits per heavy atom. The van der Waals surface area contributed by atoms with E-state index in [1.54, 1.807) is 6.07 Å². The summed E-state index contributed by atoms with van der Waals surface area (Å²) in [7, 11) is 3.81. The molecule has 3 nitrogen and oxygen atoms in total. The van der Waals surface area contributed by atoms with Crippen molar-refractivity contribution in [2.24, 2.45) is 0 Å². The number of hydrogen-bond donors (Lipinski definition) is 0. The molecule has 0 bridgehead atoms. The number of anilines is 1. The largest absolute Gasteiger partial charge is 1.00 e. The molecule has 0 fully saturated rings. The first-order chi connectivity index (χ1) is 5.25. The van der Waals surface area contributed by atoms with Crippen molar-refractivity contribution < 1.29 is 44.3 Å². The fourth-order valence-corrected chi connectivity index (χ4v) is 0.927. The predicted octanol–water partition coefficient (Wildman–Crippen LogP) is -3.76. The van der Waals surface area contributed by atoms with Crippen molar-refractivity contribution in [2.75, 3.05) is 19.0 Å². The van der Waals surface area contributed by atoms with Gasteiger partial charge in [0.25, 0.3) is 0 Å². The van der Waals surface area contributed by atoms with Crippen LogP contribution in [0.15, 0.2) is 24.3 Å². The van der Waals surface area contributed by atoms with E-state index in [0.717, 1.165) is 5.69 Å². The Labute approximate surface area is 109 Å². The molecule has 0 aliphatic heterocycles. The summed E-state index contributed by atoms with van der Waals surface area (Å²) in [6.07, 6.45) is 0. The Kier molecular flexibility index (Phi) is 12.7. The van der Waals surface area contributed by atoms with Gasteiger partial charge in [0.15, 0.2) is 4.98 Å². The molecule has 0 aromatic heterocycles. The van der Waals surface area contributed by atoms with E-state index in [1.165, 1.54) is 0 Å². The molecular weight excluding hydrogens is 274 g/mol. The number of para-hydroxylation sites is 1. The third kappa shape index (κ3) is 4.76. The number of nitrogens with zero attached hydrogens (tertiary/aromatic N) is 3. The zero-order valence-corrected chi connectivity index (χ0v) is 12.6. The van der Waals surface area contributed by atoms with Crippen LogP contribution in [0.25, 0.3) is 4.98 Å². The number of hydrogen-bond acceptors (Lipinski definition) is 2. The molecule has 0 unspecified atom stereocenters. The summed E-state index contributed by atoms with van der Waals surface area (Å²) in [6, 6.07) is 7.40. The van der Waals surface area contributed by atoms with Crippen molar-refractivity contribution in [3.8, 4) is 0 Å². The standard InChI is InChI=1S/C8H10N3.2ClH.Zn/c1-11(2)8-6-4-3-5-7(8)10-9;;;/h3-6H,1-2H3;2*1H;/q+1;;;/p-2. The van der Waals surface area contributed by atoms with Crippen LogP contribution in [0.5, 0.6) is 0 Å². The Morgan fingerprint density at radius 1 is 1.14 bits per heavy atom. The van der Waals surface area contributed by atoms with Gasteiger partial charge in [-0.25, -0.2) is 0 Å². The Morgan fingerprint density at radius 3 is 2.00 bits per heavy atom. The molecule has 0 N–H and O–H groups in total. The molecule has 0 spiro atoms. The van der Waals surface area contributed by atoms with Crippen LogP contribution in [0, 0.1) is 5.39 Å². The van der Waals surface area contributed by atoms with Crippen LogP contribution in [0.1, 0.15) is 0 Å². The molecule has 1 rings (SSSR count). The first kappa shape index (κ1) is 19.3. The van der Waals surface area contributed by atoms with E-state index >= 15 is 0 Å². The van der Waals surface area contributed by atoms with Gasteiger partial charge in [0, 0.05) is 39.6 Å². The molecule has 0 atom stereocenters. The van der Waals surface area contributed by atoms with Gasteiger partial charge < -0.3 is 29.7 Å². The Bertz CT molecular complexity index is 299. The van der Waals surface area contributed by atoms with Crippen molar-refractivity contribution >= 4 is 11.4 Å². The van der Waals surface area contributed by atoms with Gasteiger partial charge in [-0.15, -0.1) is 0 Å². The second-order valence-electron chi connectivity index (χ2n) is 2.48. The van der Waals surface area contributed by atoms with Crippen molar-refractivity contribution in [1.82, 2.24) is 0 Å². The summed E-state index contributed by atoms with van der Waals surface area (Å²) in [6.45, 7) is 0. The summed E-state index contributed by atoms with van der Waals surface area (Å²) < 4.78 is 0. The van der Waals surface area contributed by atoms with Gasteiger partial charge in [0.05, 0.1) is 0 Å². The summed E-state index contributed by atoms with van der Waals surface area (Å²) in [4.78, 5) is 5.05. The van der Waals surface area contributed by atoms with Crippen molar-refractivity contribution in [3.63, 3.8) is 0 Å². The SMILES string of the molecule is CN(C)c1ccccc1[N+]#N.[Cl-].[Cl-].[Zn]. The van der Waals surface area contributed by atoms with Crippen LogP contribution >= 0.6 is 0 Å². The van der Waals surface area contributed by atoms with Crippen LogP contribution in [0.3, 0.4) is 0 Å². The molecule has 14 heavy (non-hydrogen) atoms. The van der Waals surface area contributed by atoms with E-state index in [9.17, 15) is 0 Å². The van der Waals surface area contributed by atoms with E-state index in [-0.39, 0.29) is 44.3 Å². The van der Waals surface area contributed by atoms with Gasteiger partial charge in [-0.3, -0.25) is 0 Å². The summed E-state index contributed by atoms with van der Waals surface area (Å²) in [5.74, 6) is 0. The Balaban J connectivity index is -0.000000403. The van der Waals surface area contributed by atoms with Gasteiger partial charge in [-0.1, -0.05) is 12.1 Å². The maximum absolute atomic E-state index is 8.57. The fraction of sp³-hybridized carbons (Fsp3) is 0.250. The average molecular weight is 284 g/mol. The minimum Gasteiger partial charge on any atom is -1.00 e. The molecule has 6 heteroatoms. The predicted molar refractivity (Wildman–Crippen MR) is 45.5 cm³/mol. The maximum atomic E-state index is 8.57. The quantitative estimate of drug-likeness (QED) is 0.392. The molecule has 0 aliphatic carbocycles. The van der Waals surface area contributed by atoms with Crippen LogP contribution < -0.4 is 29.7 Å². The van der Waals surface area contributed by atoms with E-state index in [0.29, 0.717) is 5.69 Å². The summed E-state index contributed by atoms with van der Waals surface area (Å²) in [5, 5.41) is 8.57. The molecular formula is C8H10Cl2N3Zn-. The van der Waals surface area contributed by atoms with Crippen molar-refractivity contribution in [3.05, 3.63) is 29.2 Å². The minimum absolute atomic E-state index is 0. The normalized spacial score (nSPS) is 6.93. The molecule has 0 saturated heterocycles. The van der Waals surface area contributed by atoms with Crippen molar-refractivity contribution in [1.29, 1.82) is 5.39 Å². The number of rotatable bonds is 1. The monoisotopic (exact) mass is 282 g/mol. The molecule has 0 amide bonds. The molecule has 0 saturated carbocycles. The molecule has 74 valence electrons. The van der Waals surface area contributed by atoms with Crippen LogP contribution in [0.2, 0.25) is 0 Å². The number of halogens is 2. The summed E-state index contributed by atoms with van der Waals surface area (Å²) in [5.41, 5.74) is 1.51. The second-order valence-corrected chi connectivity index (χ2v) is 2.48. The molecule has 1 aromatic carbocycles. The fourth-order valence-electron chi connectivity index (χ4n) is 0.927. The first-order valence-electron chi connectivity index (χ1n) is 3.37. The zero-order valence-electron chi connectivity index (χ0n) is 8.11. The van der Waals surface area contributed by atoms with E-state index in [1.807, 2.05) is 37.2 Å². The van der Waals surface area contributed by atoms with Crippen molar-refractivity contribution in [2.45, 2.75) is 0 Å². The van der Waals surface area contributed by atoms with Gasteiger partial charge in [-0.05, 0) is 6.07 Å². The zero-order chi connectivity index (χ0) is 8.27. The van der Waals surface area contributed by atoms with Crippen LogP contribution in [0.4, 0.5) is 11.4 Å². The van der Waals surface area contributed by atoms with Gasteiger partial charge >= 0.3 is 5.69 Å². The van der Waals surface area contributed by atoms with Gasteiger partial charge in [0.1, 0.15) is 5.69 Å². The number of benzene rings is 1. The second kappa shape index (κ2) is 9.21. The average Bonchev–Trinajstić information content (AvgIpc) is 2.04. The van der Waals surface area contributed by atoms with E-state index in [4.69, 9.17) is 5.39 Å². The van der Waals surface area contributed by atoms with E-state index < -0.39 is 0 Å². The van der Waals surface area contributed by atoms with Crippen LogP contribution in [-0.2, 0) is 19.5 Å². The topological polar surface area (TPSA) is 31.4 Å². The maximum Gasteiger partial charge on any atom is 0.407 e. The molecule has 1 aromatic rings. The molecule has 0 radical (unpaired) electrons. The number of diazo groups is 1. The van der Waals surface area contributed by atoms with Crippen LogP contribution in [-0.4, -0.2) is 14.1 Å². The molecule has 0 heterocycles. The third-order valence-electron chi connectivity index (χ3n) is 1.47. The minimum atomic E-state index is 0. The third-order valence-corrected chi connectivity index (χ3v) is 1.47. The summed E-state index contributed by atoms with van der Waals surface area (Å²) >= 11 is 0. The molecule has 0 aliphatic rings. The first-order valence-corrected chi connectivity index (χ1v) is 3.37. The van der Waals surface area contributed by atoms with Gasteiger partial charge in [0.2, 0.25) is 5.39 Å². The van der Waals surface area contributed by atoms with E-state index in [2.05, 4.69) is 4.98 Å².